The van der Waals surface area contributed by atoms with E-state index in [0.717, 1.165) is 16.3 Å². The minimum atomic E-state index is -0.641. The number of carbonyl (C=O) groups is 1. The van der Waals surface area contributed by atoms with Crippen molar-refractivity contribution in [2.75, 3.05) is 13.3 Å². The molecule has 1 amide bonds. The van der Waals surface area contributed by atoms with Gasteiger partial charge in [0.15, 0.2) is 11.5 Å². The van der Waals surface area contributed by atoms with Gasteiger partial charge in [-0.25, -0.2) is 0 Å². The first-order valence-electron chi connectivity index (χ1n) is 8.56. The highest BCUT2D eigenvalue weighted by Gasteiger charge is 2.16. The van der Waals surface area contributed by atoms with Gasteiger partial charge in [-0.1, -0.05) is 42.5 Å². The Balaban J connectivity index is 1.39. The van der Waals surface area contributed by atoms with Gasteiger partial charge in [-0.2, -0.15) is 0 Å². The fourth-order valence-corrected chi connectivity index (χ4v) is 3.16. The third kappa shape index (κ3) is 3.21. The maximum atomic E-state index is 12.3. The predicted molar refractivity (Wildman–Crippen MR) is 98.4 cm³/mol. The third-order valence-corrected chi connectivity index (χ3v) is 4.52. The van der Waals surface area contributed by atoms with Crippen LogP contribution in [-0.4, -0.2) is 24.4 Å². The second-order valence-electron chi connectivity index (χ2n) is 6.20. The van der Waals surface area contributed by atoms with E-state index in [1.165, 1.54) is 0 Å². The fraction of sp³-hybridized carbons (Fsp3) is 0.190. The molecule has 26 heavy (non-hydrogen) atoms. The minimum absolute atomic E-state index is 0.178. The third-order valence-electron chi connectivity index (χ3n) is 4.52. The molecule has 0 unspecified atom stereocenters. The maximum Gasteiger partial charge on any atom is 0.251 e. The van der Waals surface area contributed by atoms with Gasteiger partial charge < -0.3 is 19.9 Å². The molecule has 0 saturated heterocycles. The summed E-state index contributed by atoms with van der Waals surface area (Å²) in [6.07, 6.45) is -0.206. The molecule has 1 aliphatic rings. The number of amides is 1. The predicted octanol–water partition coefficient (Wildman–Crippen LogP) is 3.42. The lowest BCUT2D eigenvalue weighted by Crippen LogP contribution is -2.25. The van der Waals surface area contributed by atoms with Crippen molar-refractivity contribution >= 4 is 16.7 Å². The summed E-state index contributed by atoms with van der Waals surface area (Å²) < 4.78 is 10.5. The van der Waals surface area contributed by atoms with E-state index in [1.54, 1.807) is 18.2 Å². The molecule has 132 valence electrons. The van der Waals surface area contributed by atoms with Gasteiger partial charge in [0, 0.05) is 12.1 Å². The second kappa shape index (κ2) is 7.06. The largest absolute Gasteiger partial charge is 0.454 e. The van der Waals surface area contributed by atoms with E-state index in [1.807, 2.05) is 42.5 Å². The number of aliphatic hydroxyl groups excluding tert-OH is 1. The number of fused-ring (bicyclic) bond motifs is 2. The standard InChI is InChI=1S/C21H19NO4/c23-18(17-7-3-5-14-4-1-2-6-16(14)17)10-11-22-21(24)15-8-9-19-20(12-15)26-13-25-19/h1-9,12,18,23H,10-11,13H2,(H,22,24)/t18-/m0/s1. The lowest BCUT2D eigenvalue weighted by atomic mass is 9.99. The summed E-state index contributed by atoms with van der Waals surface area (Å²) in [6, 6.07) is 18.9. The van der Waals surface area contributed by atoms with Gasteiger partial charge in [-0.05, 0) is 41.0 Å². The molecule has 2 N–H and O–H groups in total. The molecule has 3 aromatic carbocycles. The molecular formula is C21H19NO4. The second-order valence-corrected chi connectivity index (χ2v) is 6.20. The Hall–Kier alpha value is -3.05. The van der Waals surface area contributed by atoms with E-state index in [9.17, 15) is 9.90 Å². The Kier molecular flexibility index (Phi) is 4.46. The topological polar surface area (TPSA) is 67.8 Å². The van der Waals surface area contributed by atoms with Crippen LogP contribution >= 0.6 is 0 Å². The number of benzene rings is 3. The van der Waals surface area contributed by atoms with Crippen molar-refractivity contribution in [1.82, 2.24) is 5.32 Å². The first-order valence-corrected chi connectivity index (χ1v) is 8.56. The molecule has 0 spiro atoms. The van der Waals surface area contributed by atoms with E-state index in [0.29, 0.717) is 30.0 Å². The van der Waals surface area contributed by atoms with Gasteiger partial charge in [-0.3, -0.25) is 4.79 Å². The molecule has 1 heterocycles. The number of rotatable bonds is 5. The number of ether oxygens (including phenoxy) is 2. The quantitative estimate of drug-likeness (QED) is 0.741. The molecule has 0 radical (unpaired) electrons. The number of hydrogen-bond acceptors (Lipinski definition) is 4. The number of hydrogen-bond donors (Lipinski definition) is 2. The van der Waals surface area contributed by atoms with Crippen LogP contribution in [0.15, 0.2) is 60.7 Å². The van der Waals surface area contributed by atoms with Crippen molar-refractivity contribution in [3.8, 4) is 11.5 Å². The zero-order valence-corrected chi connectivity index (χ0v) is 14.1. The van der Waals surface area contributed by atoms with E-state index >= 15 is 0 Å². The average Bonchev–Trinajstić information content (AvgIpc) is 3.15. The van der Waals surface area contributed by atoms with Crippen LogP contribution in [0.3, 0.4) is 0 Å². The van der Waals surface area contributed by atoms with Gasteiger partial charge in [0.1, 0.15) is 0 Å². The van der Waals surface area contributed by atoms with E-state index in [4.69, 9.17) is 9.47 Å². The van der Waals surface area contributed by atoms with Crippen molar-refractivity contribution in [1.29, 1.82) is 0 Å². The normalized spacial score (nSPS) is 13.6. The molecule has 1 atom stereocenters. The van der Waals surface area contributed by atoms with Crippen LogP contribution in [-0.2, 0) is 0 Å². The van der Waals surface area contributed by atoms with Crippen LogP contribution in [0.4, 0.5) is 0 Å². The summed E-state index contributed by atoms with van der Waals surface area (Å²) in [7, 11) is 0. The average molecular weight is 349 g/mol. The number of carbonyl (C=O) groups excluding carboxylic acids is 1. The van der Waals surface area contributed by atoms with Gasteiger partial charge in [0.05, 0.1) is 6.10 Å². The van der Waals surface area contributed by atoms with Crippen LogP contribution in [0, 0.1) is 0 Å². The molecule has 5 heteroatoms. The summed E-state index contributed by atoms with van der Waals surface area (Å²) in [5.41, 5.74) is 1.38. The highest BCUT2D eigenvalue weighted by atomic mass is 16.7. The lowest BCUT2D eigenvalue weighted by molar-refractivity contribution is 0.0942. The van der Waals surface area contributed by atoms with Gasteiger partial charge >= 0.3 is 0 Å². The van der Waals surface area contributed by atoms with Gasteiger partial charge in [0.25, 0.3) is 5.91 Å². The number of aliphatic hydroxyl groups is 1. The molecule has 3 aromatic rings. The molecule has 0 saturated carbocycles. The summed E-state index contributed by atoms with van der Waals surface area (Å²) >= 11 is 0. The fourth-order valence-electron chi connectivity index (χ4n) is 3.16. The van der Waals surface area contributed by atoms with Crippen molar-refractivity contribution in [3.05, 3.63) is 71.8 Å². The molecular weight excluding hydrogens is 330 g/mol. The summed E-state index contributed by atoms with van der Waals surface area (Å²) in [5, 5.41) is 15.5. The Labute approximate surface area is 151 Å². The van der Waals surface area contributed by atoms with Crippen LogP contribution in [0.2, 0.25) is 0 Å². The van der Waals surface area contributed by atoms with Crippen molar-refractivity contribution in [3.63, 3.8) is 0 Å². The Morgan fingerprint density at radius 1 is 1.04 bits per heavy atom. The van der Waals surface area contributed by atoms with E-state index < -0.39 is 6.10 Å². The monoisotopic (exact) mass is 349 g/mol. The Morgan fingerprint density at radius 3 is 2.77 bits per heavy atom. The van der Waals surface area contributed by atoms with E-state index in [-0.39, 0.29) is 12.7 Å². The lowest BCUT2D eigenvalue weighted by Gasteiger charge is -2.14. The highest BCUT2D eigenvalue weighted by Crippen LogP contribution is 2.32. The van der Waals surface area contributed by atoms with Crippen LogP contribution < -0.4 is 14.8 Å². The van der Waals surface area contributed by atoms with Crippen molar-refractivity contribution in [2.24, 2.45) is 0 Å². The van der Waals surface area contributed by atoms with Gasteiger partial charge in [0.2, 0.25) is 6.79 Å². The number of nitrogens with one attached hydrogen (secondary N) is 1. The molecule has 0 aliphatic carbocycles. The SMILES string of the molecule is O=C(NCC[C@H](O)c1cccc2ccccc12)c1ccc2c(c1)OCO2. The molecule has 1 aliphatic heterocycles. The smallest absolute Gasteiger partial charge is 0.251 e. The van der Waals surface area contributed by atoms with Crippen LogP contribution in [0.1, 0.15) is 28.4 Å². The Morgan fingerprint density at radius 2 is 1.85 bits per heavy atom. The van der Waals surface area contributed by atoms with Crippen molar-refractivity contribution in [2.45, 2.75) is 12.5 Å². The van der Waals surface area contributed by atoms with Crippen LogP contribution in [0.25, 0.3) is 10.8 Å². The Bertz CT molecular complexity index is 948. The minimum Gasteiger partial charge on any atom is -0.454 e. The van der Waals surface area contributed by atoms with Crippen LogP contribution in [0.5, 0.6) is 11.5 Å². The highest BCUT2D eigenvalue weighted by molar-refractivity contribution is 5.95. The molecule has 5 nitrogen and oxygen atoms in total. The first kappa shape index (κ1) is 16.4. The zero-order valence-electron chi connectivity index (χ0n) is 14.1. The summed E-state index contributed by atoms with van der Waals surface area (Å²) in [4.78, 5) is 12.3. The molecule has 0 aromatic heterocycles. The maximum absolute atomic E-state index is 12.3. The van der Waals surface area contributed by atoms with Gasteiger partial charge in [-0.15, -0.1) is 0 Å². The molecule has 0 fully saturated rings. The molecule has 4 rings (SSSR count). The zero-order chi connectivity index (χ0) is 17.9. The van der Waals surface area contributed by atoms with Crippen molar-refractivity contribution < 1.29 is 19.4 Å². The summed E-state index contributed by atoms with van der Waals surface area (Å²) in [5.74, 6) is 1.02. The van der Waals surface area contributed by atoms with E-state index in [2.05, 4.69) is 5.32 Å². The molecule has 0 bridgehead atoms. The first-order chi connectivity index (χ1) is 12.7. The summed E-state index contributed by atoms with van der Waals surface area (Å²) in [6.45, 7) is 0.551.